The second-order valence-corrected chi connectivity index (χ2v) is 4.48. The van der Waals surface area contributed by atoms with Gasteiger partial charge in [0, 0.05) is 6.04 Å². The Morgan fingerprint density at radius 2 is 2.21 bits per heavy atom. The molecule has 1 heterocycles. The van der Waals surface area contributed by atoms with Gasteiger partial charge in [0.25, 0.3) is 0 Å². The van der Waals surface area contributed by atoms with Crippen LogP contribution in [0.2, 0.25) is 0 Å². The molecular weight excluding hydrogens is 178 g/mol. The Morgan fingerprint density at radius 1 is 1.57 bits per heavy atom. The fraction of sp³-hybridized carbons (Fsp3) is 0.909. The Hall–Kier alpha value is -0.570. The van der Waals surface area contributed by atoms with Crippen LogP contribution in [0, 0.1) is 5.92 Å². The molecule has 1 aliphatic heterocycles. The van der Waals surface area contributed by atoms with Gasteiger partial charge in [-0.15, -0.1) is 0 Å². The van der Waals surface area contributed by atoms with E-state index in [0.29, 0.717) is 12.0 Å². The minimum absolute atomic E-state index is 0.256. The predicted molar refractivity (Wildman–Crippen MR) is 56.3 cm³/mol. The highest BCUT2D eigenvalue weighted by Gasteiger charge is 2.33. The molecule has 3 heteroatoms. The Balaban J connectivity index is 2.65. The molecule has 1 aliphatic rings. The molecule has 0 aliphatic carbocycles. The van der Waals surface area contributed by atoms with Crippen molar-refractivity contribution in [1.82, 2.24) is 4.90 Å². The molecule has 0 spiro atoms. The van der Waals surface area contributed by atoms with Crippen LogP contribution in [0.4, 0.5) is 0 Å². The average Bonchev–Trinajstić information content (AvgIpc) is 2.16. The highest BCUT2D eigenvalue weighted by molar-refractivity contribution is 5.73. The van der Waals surface area contributed by atoms with Crippen molar-refractivity contribution < 1.29 is 9.90 Å². The molecule has 0 aromatic rings. The number of carboxylic acids is 1. The molecule has 2 atom stereocenters. The number of carboxylic acid groups (broad SMARTS) is 1. The number of piperidine rings is 1. The van der Waals surface area contributed by atoms with Crippen molar-refractivity contribution >= 4 is 5.97 Å². The monoisotopic (exact) mass is 199 g/mol. The van der Waals surface area contributed by atoms with Gasteiger partial charge < -0.3 is 5.11 Å². The second-order valence-electron chi connectivity index (χ2n) is 4.48. The van der Waals surface area contributed by atoms with Crippen LogP contribution in [-0.2, 0) is 4.79 Å². The Kier molecular flexibility index (Phi) is 3.93. The summed E-state index contributed by atoms with van der Waals surface area (Å²) in [4.78, 5) is 13.2. The Bertz CT molecular complexity index is 203. The number of hydrogen-bond donors (Lipinski definition) is 1. The van der Waals surface area contributed by atoms with Gasteiger partial charge in [-0.2, -0.15) is 0 Å². The number of hydrogen-bond acceptors (Lipinski definition) is 2. The number of rotatable bonds is 3. The third-order valence-electron chi connectivity index (χ3n) is 3.28. The number of likely N-dealkylation sites (tertiary alicyclic amines) is 1. The first kappa shape index (κ1) is 11.5. The summed E-state index contributed by atoms with van der Waals surface area (Å²) in [6.07, 6.45) is 3.08. The molecule has 2 unspecified atom stereocenters. The van der Waals surface area contributed by atoms with Crippen LogP contribution in [0.1, 0.15) is 40.0 Å². The Labute approximate surface area is 86.1 Å². The highest BCUT2D eigenvalue weighted by atomic mass is 16.4. The van der Waals surface area contributed by atoms with Crippen molar-refractivity contribution in [3.8, 4) is 0 Å². The molecule has 0 bridgehead atoms. The van der Waals surface area contributed by atoms with E-state index in [2.05, 4.69) is 25.7 Å². The maximum Gasteiger partial charge on any atom is 0.320 e. The van der Waals surface area contributed by atoms with Crippen LogP contribution < -0.4 is 0 Å². The third-order valence-corrected chi connectivity index (χ3v) is 3.28. The van der Waals surface area contributed by atoms with Gasteiger partial charge in [0.2, 0.25) is 0 Å². The summed E-state index contributed by atoms with van der Waals surface area (Å²) in [5.74, 6) is -0.0528. The lowest BCUT2D eigenvalue weighted by molar-refractivity contribution is -0.146. The topological polar surface area (TPSA) is 40.5 Å². The van der Waals surface area contributed by atoms with Crippen molar-refractivity contribution in [1.29, 1.82) is 0 Å². The van der Waals surface area contributed by atoms with Crippen molar-refractivity contribution in [2.45, 2.75) is 52.1 Å². The molecule has 1 rings (SSSR count). The van der Waals surface area contributed by atoms with Gasteiger partial charge in [-0.05, 0) is 39.2 Å². The van der Waals surface area contributed by atoms with Crippen LogP contribution in [0.5, 0.6) is 0 Å². The van der Waals surface area contributed by atoms with Crippen molar-refractivity contribution in [3.05, 3.63) is 0 Å². The molecule has 3 nitrogen and oxygen atoms in total. The maximum absolute atomic E-state index is 11.1. The maximum atomic E-state index is 11.1. The number of aliphatic carboxylic acids is 1. The van der Waals surface area contributed by atoms with E-state index >= 15 is 0 Å². The van der Waals surface area contributed by atoms with Crippen LogP contribution in [0.15, 0.2) is 0 Å². The standard InChI is InChI=1S/C11H21NO2/c1-4-9-5-6-12(8(2)3)10(7-9)11(13)14/h8-10H,4-7H2,1-3H3,(H,13,14). The van der Waals surface area contributed by atoms with Crippen molar-refractivity contribution in [2.75, 3.05) is 6.54 Å². The smallest absolute Gasteiger partial charge is 0.320 e. The van der Waals surface area contributed by atoms with E-state index in [1.807, 2.05) is 0 Å². The van der Waals surface area contributed by atoms with Gasteiger partial charge in [0.05, 0.1) is 0 Å². The first-order valence-corrected chi connectivity index (χ1v) is 5.54. The van der Waals surface area contributed by atoms with E-state index in [0.717, 1.165) is 25.8 Å². The molecule has 0 radical (unpaired) electrons. The summed E-state index contributed by atoms with van der Waals surface area (Å²) < 4.78 is 0. The molecule has 14 heavy (non-hydrogen) atoms. The van der Waals surface area contributed by atoms with Crippen molar-refractivity contribution in [2.24, 2.45) is 5.92 Å². The lowest BCUT2D eigenvalue weighted by Crippen LogP contribution is -2.50. The van der Waals surface area contributed by atoms with E-state index in [9.17, 15) is 4.79 Å². The zero-order chi connectivity index (χ0) is 10.7. The lowest BCUT2D eigenvalue weighted by Gasteiger charge is -2.39. The minimum Gasteiger partial charge on any atom is -0.480 e. The molecule has 1 saturated heterocycles. The van der Waals surface area contributed by atoms with Gasteiger partial charge in [0.15, 0.2) is 0 Å². The summed E-state index contributed by atoms with van der Waals surface area (Å²) in [6, 6.07) is 0.0857. The first-order valence-electron chi connectivity index (χ1n) is 5.54. The van der Waals surface area contributed by atoms with E-state index < -0.39 is 5.97 Å². The summed E-state index contributed by atoms with van der Waals surface area (Å²) in [7, 11) is 0. The average molecular weight is 199 g/mol. The number of carbonyl (C=O) groups is 1. The van der Waals surface area contributed by atoms with Crippen LogP contribution in [0.25, 0.3) is 0 Å². The first-order chi connectivity index (χ1) is 6.56. The second kappa shape index (κ2) is 4.78. The molecular formula is C11H21NO2. The largest absolute Gasteiger partial charge is 0.480 e. The highest BCUT2D eigenvalue weighted by Crippen LogP contribution is 2.26. The van der Waals surface area contributed by atoms with Gasteiger partial charge in [0.1, 0.15) is 6.04 Å². The molecule has 82 valence electrons. The van der Waals surface area contributed by atoms with Gasteiger partial charge in [-0.1, -0.05) is 13.3 Å². The van der Waals surface area contributed by atoms with Crippen LogP contribution in [-0.4, -0.2) is 34.6 Å². The summed E-state index contributed by atoms with van der Waals surface area (Å²) >= 11 is 0. The van der Waals surface area contributed by atoms with E-state index in [1.165, 1.54) is 0 Å². The molecule has 0 saturated carbocycles. The third kappa shape index (κ3) is 2.47. The van der Waals surface area contributed by atoms with Crippen LogP contribution >= 0.6 is 0 Å². The predicted octanol–water partition coefficient (Wildman–Crippen LogP) is 1.97. The molecule has 1 N–H and O–H groups in total. The Morgan fingerprint density at radius 3 is 2.64 bits per heavy atom. The summed E-state index contributed by atoms with van der Waals surface area (Å²) in [5, 5.41) is 9.13. The normalized spacial score (nSPS) is 29.4. The zero-order valence-corrected chi connectivity index (χ0v) is 9.36. The van der Waals surface area contributed by atoms with E-state index in [-0.39, 0.29) is 6.04 Å². The van der Waals surface area contributed by atoms with Crippen LogP contribution in [0.3, 0.4) is 0 Å². The van der Waals surface area contributed by atoms with Crippen molar-refractivity contribution in [3.63, 3.8) is 0 Å². The number of nitrogens with zero attached hydrogens (tertiary/aromatic N) is 1. The zero-order valence-electron chi connectivity index (χ0n) is 9.36. The van der Waals surface area contributed by atoms with Gasteiger partial charge in [-0.25, -0.2) is 0 Å². The quantitative estimate of drug-likeness (QED) is 0.755. The summed E-state index contributed by atoms with van der Waals surface area (Å²) in [5.41, 5.74) is 0. The lowest BCUT2D eigenvalue weighted by atomic mass is 9.88. The summed E-state index contributed by atoms with van der Waals surface area (Å²) in [6.45, 7) is 7.23. The van der Waals surface area contributed by atoms with E-state index in [1.54, 1.807) is 0 Å². The fourth-order valence-corrected chi connectivity index (χ4v) is 2.29. The molecule has 0 aromatic heterocycles. The minimum atomic E-state index is -0.656. The fourth-order valence-electron chi connectivity index (χ4n) is 2.29. The molecule has 0 aromatic carbocycles. The SMILES string of the molecule is CCC1CCN(C(C)C)C(C(=O)O)C1. The van der Waals surface area contributed by atoms with Gasteiger partial charge in [-0.3, -0.25) is 9.69 Å². The van der Waals surface area contributed by atoms with E-state index in [4.69, 9.17) is 5.11 Å². The van der Waals surface area contributed by atoms with Gasteiger partial charge >= 0.3 is 5.97 Å². The molecule has 1 fully saturated rings. The molecule has 0 amide bonds.